The molecular formula is C23H29F3N4O3S. The molecule has 0 N–H and O–H groups in total. The minimum atomic E-state index is -4.38. The summed E-state index contributed by atoms with van der Waals surface area (Å²) in [7, 11) is -3.13. The van der Waals surface area contributed by atoms with Crippen molar-refractivity contribution in [1.29, 1.82) is 0 Å². The molecule has 1 aromatic heterocycles. The molecule has 0 atom stereocenters. The second-order valence-electron chi connectivity index (χ2n) is 8.79. The molecule has 11 heteroatoms. The Hall–Kier alpha value is -2.37. The highest BCUT2D eigenvalue weighted by Gasteiger charge is 2.31. The molecular weight excluding hydrogens is 469 g/mol. The van der Waals surface area contributed by atoms with Gasteiger partial charge in [0, 0.05) is 64.9 Å². The molecule has 1 aromatic carbocycles. The van der Waals surface area contributed by atoms with Gasteiger partial charge in [0.25, 0.3) is 0 Å². The lowest BCUT2D eigenvalue weighted by Crippen LogP contribution is -2.47. The molecule has 4 rings (SSSR count). The van der Waals surface area contributed by atoms with Gasteiger partial charge in [0.15, 0.2) is 0 Å². The number of hydrogen-bond donors (Lipinski definition) is 0. The first-order chi connectivity index (χ1) is 16.1. The smallest absolute Gasteiger partial charge is 0.417 e. The highest BCUT2D eigenvalue weighted by molar-refractivity contribution is 7.88. The fourth-order valence-electron chi connectivity index (χ4n) is 4.29. The molecule has 2 aliphatic rings. The molecule has 0 saturated carbocycles. The third kappa shape index (κ3) is 6.39. The van der Waals surface area contributed by atoms with Gasteiger partial charge in [-0.2, -0.15) is 17.5 Å². The summed E-state index contributed by atoms with van der Waals surface area (Å²) in [6, 6.07) is 10.4. The van der Waals surface area contributed by atoms with Crippen molar-refractivity contribution >= 4 is 15.8 Å². The number of alkyl halides is 3. The van der Waals surface area contributed by atoms with Crippen LogP contribution < -0.4 is 9.64 Å². The minimum absolute atomic E-state index is 0.0422. The van der Waals surface area contributed by atoms with Gasteiger partial charge in [-0.05, 0) is 29.8 Å². The topological polar surface area (TPSA) is 66.0 Å². The quantitative estimate of drug-likeness (QED) is 0.610. The first-order valence-corrected chi connectivity index (χ1v) is 13.1. The van der Waals surface area contributed by atoms with Gasteiger partial charge in [-0.3, -0.25) is 4.90 Å². The number of hydrogen-bond acceptors (Lipinski definition) is 6. The summed E-state index contributed by atoms with van der Waals surface area (Å²) in [6.45, 7) is 4.54. The van der Waals surface area contributed by atoms with Crippen LogP contribution in [0.25, 0.3) is 0 Å². The number of anilines is 1. The van der Waals surface area contributed by atoms with Crippen LogP contribution in [0.3, 0.4) is 0 Å². The summed E-state index contributed by atoms with van der Waals surface area (Å²) in [5.41, 5.74) is 0.400. The summed E-state index contributed by atoms with van der Waals surface area (Å²) < 4.78 is 69.1. The van der Waals surface area contributed by atoms with Gasteiger partial charge < -0.3 is 9.64 Å². The Morgan fingerprint density at radius 2 is 1.62 bits per heavy atom. The van der Waals surface area contributed by atoms with Gasteiger partial charge in [0.2, 0.25) is 10.0 Å². The molecule has 2 aliphatic heterocycles. The molecule has 186 valence electrons. The van der Waals surface area contributed by atoms with Crippen molar-refractivity contribution in [1.82, 2.24) is 14.2 Å². The van der Waals surface area contributed by atoms with Crippen molar-refractivity contribution in [2.45, 2.75) is 31.7 Å². The van der Waals surface area contributed by atoms with Crippen LogP contribution in [0.1, 0.15) is 24.0 Å². The second-order valence-corrected chi connectivity index (χ2v) is 10.8. The van der Waals surface area contributed by atoms with Crippen LogP contribution in [-0.4, -0.2) is 74.2 Å². The molecule has 3 heterocycles. The van der Waals surface area contributed by atoms with Crippen molar-refractivity contribution in [3.63, 3.8) is 0 Å². The lowest BCUT2D eigenvalue weighted by molar-refractivity contribution is -0.137. The lowest BCUT2D eigenvalue weighted by atomic mass is 10.1. The maximum absolute atomic E-state index is 12.7. The predicted molar refractivity (Wildman–Crippen MR) is 123 cm³/mol. The number of ether oxygens (including phenoxy) is 1. The summed E-state index contributed by atoms with van der Waals surface area (Å²) in [5.74, 6) is 1.34. The molecule has 0 amide bonds. The van der Waals surface area contributed by atoms with E-state index in [2.05, 4.69) is 9.88 Å². The number of halogens is 3. The van der Waals surface area contributed by atoms with Gasteiger partial charge in [0.05, 0.1) is 11.8 Å². The Morgan fingerprint density at radius 1 is 0.971 bits per heavy atom. The number of pyridine rings is 1. The van der Waals surface area contributed by atoms with Crippen molar-refractivity contribution in [3.05, 3.63) is 53.7 Å². The summed E-state index contributed by atoms with van der Waals surface area (Å²) >= 11 is 0. The normalized spacial score (nSPS) is 19.4. The molecule has 2 fully saturated rings. The largest absolute Gasteiger partial charge is 0.490 e. The fraction of sp³-hybridized carbons (Fsp3) is 0.522. The highest BCUT2D eigenvalue weighted by atomic mass is 32.2. The number of piperazine rings is 1. The van der Waals surface area contributed by atoms with E-state index < -0.39 is 21.8 Å². The van der Waals surface area contributed by atoms with E-state index in [4.69, 9.17) is 4.74 Å². The van der Waals surface area contributed by atoms with Gasteiger partial charge in [0.1, 0.15) is 17.7 Å². The fourth-order valence-corrected chi connectivity index (χ4v) is 5.11. The first kappa shape index (κ1) is 24.7. The molecule has 34 heavy (non-hydrogen) atoms. The minimum Gasteiger partial charge on any atom is -0.490 e. The second kappa shape index (κ2) is 10.1. The van der Waals surface area contributed by atoms with Crippen molar-refractivity contribution in [3.8, 4) is 5.75 Å². The van der Waals surface area contributed by atoms with Crippen LogP contribution in [-0.2, 0) is 22.7 Å². The molecule has 0 spiro atoms. The molecule has 0 unspecified atom stereocenters. The number of rotatable bonds is 6. The van der Waals surface area contributed by atoms with Crippen LogP contribution in [0.2, 0.25) is 0 Å². The monoisotopic (exact) mass is 498 g/mol. The molecule has 0 radical (unpaired) electrons. The molecule has 0 bridgehead atoms. The standard InChI is InChI=1S/C23H29F3N4O3S/c1-34(31,32)30-14-12-28(13-15-30)17-18-2-5-20(6-3-18)33-21-8-10-29(11-9-21)22-7-4-19(16-27-22)23(24,25)26/h2-7,16,21H,8-15,17H2,1H3. The zero-order valence-electron chi connectivity index (χ0n) is 19.0. The molecule has 2 aromatic rings. The van der Waals surface area contributed by atoms with Crippen LogP contribution in [0.5, 0.6) is 5.75 Å². The zero-order valence-corrected chi connectivity index (χ0v) is 19.9. The van der Waals surface area contributed by atoms with E-state index in [0.717, 1.165) is 43.0 Å². The summed E-state index contributed by atoms with van der Waals surface area (Å²) in [4.78, 5) is 8.20. The van der Waals surface area contributed by atoms with Crippen molar-refractivity contribution in [2.24, 2.45) is 0 Å². The zero-order chi connectivity index (χ0) is 24.3. The van der Waals surface area contributed by atoms with Crippen LogP contribution in [0, 0.1) is 0 Å². The SMILES string of the molecule is CS(=O)(=O)N1CCN(Cc2ccc(OC3CCN(c4ccc(C(F)(F)F)cn4)CC3)cc2)CC1. The third-order valence-electron chi connectivity index (χ3n) is 6.27. The highest BCUT2D eigenvalue weighted by Crippen LogP contribution is 2.30. The molecule has 0 aliphatic carbocycles. The number of sulfonamides is 1. The van der Waals surface area contributed by atoms with Crippen LogP contribution >= 0.6 is 0 Å². The maximum Gasteiger partial charge on any atom is 0.417 e. The van der Waals surface area contributed by atoms with E-state index in [1.807, 2.05) is 29.2 Å². The van der Waals surface area contributed by atoms with E-state index in [1.54, 1.807) is 0 Å². The van der Waals surface area contributed by atoms with Gasteiger partial charge in [-0.15, -0.1) is 0 Å². The molecule has 2 saturated heterocycles. The lowest BCUT2D eigenvalue weighted by Gasteiger charge is -2.33. The number of nitrogens with zero attached hydrogens (tertiary/aromatic N) is 4. The Morgan fingerprint density at radius 3 is 2.15 bits per heavy atom. The average molecular weight is 499 g/mol. The van der Waals surface area contributed by atoms with Crippen molar-refractivity contribution < 1.29 is 26.3 Å². The molecule has 7 nitrogen and oxygen atoms in total. The number of aromatic nitrogens is 1. The predicted octanol–water partition coefficient (Wildman–Crippen LogP) is 3.23. The van der Waals surface area contributed by atoms with E-state index in [1.165, 1.54) is 16.6 Å². The Balaban J connectivity index is 1.23. The van der Waals surface area contributed by atoms with E-state index in [-0.39, 0.29) is 6.10 Å². The van der Waals surface area contributed by atoms with Gasteiger partial charge in [-0.1, -0.05) is 12.1 Å². The van der Waals surface area contributed by atoms with Crippen molar-refractivity contribution in [2.75, 3.05) is 50.4 Å². The summed E-state index contributed by atoms with van der Waals surface area (Å²) in [5, 5.41) is 0. The van der Waals surface area contributed by atoms with Crippen LogP contribution in [0.4, 0.5) is 19.0 Å². The van der Waals surface area contributed by atoms with Gasteiger partial charge in [-0.25, -0.2) is 13.4 Å². The van der Waals surface area contributed by atoms with E-state index in [0.29, 0.717) is 45.1 Å². The Labute approximate surface area is 198 Å². The Bertz CT molecular complexity index is 1050. The Kier molecular flexibility index (Phi) is 7.34. The first-order valence-electron chi connectivity index (χ1n) is 11.3. The van der Waals surface area contributed by atoms with Crippen LogP contribution in [0.15, 0.2) is 42.6 Å². The number of benzene rings is 1. The third-order valence-corrected chi connectivity index (χ3v) is 7.58. The average Bonchev–Trinajstić information content (AvgIpc) is 2.80. The summed E-state index contributed by atoms with van der Waals surface area (Å²) in [6.07, 6.45) is -0.693. The van der Waals surface area contributed by atoms with Gasteiger partial charge >= 0.3 is 6.18 Å². The maximum atomic E-state index is 12.7. The van der Waals surface area contributed by atoms with E-state index >= 15 is 0 Å². The van der Waals surface area contributed by atoms with E-state index in [9.17, 15) is 21.6 Å². The number of piperidine rings is 1.